The average Bonchev–Trinajstić information content (AvgIpc) is 2.46. The van der Waals surface area contributed by atoms with Crippen LogP contribution in [0.1, 0.15) is 29.2 Å². The Hall–Kier alpha value is -1.83. The number of hydrogen-bond acceptors (Lipinski definition) is 2. The van der Waals surface area contributed by atoms with Crippen molar-refractivity contribution in [2.24, 2.45) is 0 Å². The molecule has 1 N–H and O–H groups in total. The lowest BCUT2D eigenvalue weighted by Gasteiger charge is -2.08. The Labute approximate surface area is 115 Å². The van der Waals surface area contributed by atoms with Gasteiger partial charge in [0.15, 0.2) is 0 Å². The number of aryl methyl sites for hydroxylation is 4. The van der Waals surface area contributed by atoms with Gasteiger partial charge >= 0.3 is 0 Å². The predicted octanol–water partition coefficient (Wildman–Crippen LogP) is 3.78. The van der Waals surface area contributed by atoms with Gasteiger partial charge in [0.1, 0.15) is 5.82 Å². The van der Waals surface area contributed by atoms with Gasteiger partial charge in [-0.15, -0.1) is 0 Å². The smallest absolute Gasteiger partial charge is 0.125 e. The number of benzene rings is 1. The average molecular weight is 254 g/mol. The van der Waals surface area contributed by atoms with Crippen LogP contribution < -0.4 is 5.32 Å². The third-order valence-corrected chi connectivity index (χ3v) is 3.58. The Morgan fingerprint density at radius 2 is 1.84 bits per heavy atom. The maximum atomic E-state index is 4.35. The number of anilines is 1. The molecule has 0 bridgehead atoms. The molecule has 0 amide bonds. The first-order valence-corrected chi connectivity index (χ1v) is 6.94. The van der Waals surface area contributed by atoms with Crippen LogP contribution >= 0.6 is 0 Å². The summed E-state index contributed by atoms with van der Waals surface area (Å²) in [6.07, 6.45) is 5.19. The van der Waals surface area contributed by atoms with E-state index in [1.165, 1.54) is 22.3 Å². The first kappa shape index (κ1) is 13.6. The van der Waals surface area contributed by atoms with Crippen LogP contribution in [0.25, 0.3) is 0 Å². The SMILES string of the molecule is CCc1ccc(CCc2ccc(NC)nc2)c(C)c1. The third kappa shape index (κ3) is 3.57. The zero-order chi connectivity index (χ0) is 13.7. The van der Waals surface area contributed by atoms with Crippen LogP contribution in [-0.2, 0) is 19.3 Å². The fraction of sp³-hybridized carbons (Fsp3) is 0.353. The molecule has 2 rings (SSSR count). The Morgan fingerprint density at radius 1 is 1.05 bits per heavy atom. The summed E-state index contributed by atoms with van der Waals surface area (Å²) in [5.41, 5.74) is 5.55. The lowest BCUT2D eigenvalue weighted by molar-refractivity contribution is 0.936. The van der Waals surface area contributed by atoms with Gasteiger partial charge < -0.3 is 5.32 Å². The van der Waals surface area contributed by atoms with Gasteiger partial charge in [-0.3, -0.25) is 0 Å². The van der Waals surface area contributed by atoms with Crippen molar-refractivity contribution in [3.8, 4) is 0 Å². The number of rotatable bonds is 5. The van der Waals surface area contributed by atoms with Crippen LogP contribution in [0.2, 0.25) is 0 Å². The fourth-order valence-corrected chi connectivity index (χ4v) is 2.26. The molecule has 2 aromatic rings. The molecule has 0 aliphatic carbocycles. The molecule has 0 spiro atoms. The van der Waals surface area contributed by atoms with Gasteiger partial charge in [-0.2, -0.15) is 0 Å². The summed E-state index contributed by atoms with van der Waals surface area (Å²) in [6, 6.07) is 11.0. The topological polar surface area (TPSA) is 24.9 Å². The van der Waals surface area contributed by atoms with Gasteiger partial charge in [0.05, 0.1) is 0 Å². The maximum absolute atomic E-state index is 4.35. The molecule has 1 aromatic heterocycles. The molecular formula is C17H22N2. The molecule has 0 radical (unpaired) electrons. The van der Waals surface area contributed by atoms with Gasteiger partial charge in [0.2, 0.25) is 0 Å². The Bertz CT molecular complexity index is 529. The van der Waals surface area contributed by atoms with E-state index in [0.717, 1.165) is 25.1 Å². The summed E-state index contributed by atoms with van der Waals surface area (Å²) in [5, 5.41) is 3.04. The monoisotopic (exact) mass is 254 g/mol. The van der Waals surface area contributed by atoms with E-state index in [9.17, 15) is 0 Å². The second kappa shape index (κ2) is 6.37. The molecule has 1 heterocycles. The third-order valence-electron chi connectivity index (χ3n) is 3.58. The largest absolute Gasteiger partial charge is 0.373 e. The van der Waals surface area contributed by atoms with Crippen LogP contribution in [-0.4, -0.2) is 12.0 Å². The van der Waals surface area contributed by atoms with Gasteiger partial charge in [0, 0.05) is 13.2 Å². The number of hydrogen-bond donors (Lipinski definition) is 1. The molecule has 0 unspecified atom stereocenters. The van der Waals surface area contributed by atoms with Crippen LogP contribution in [0, 0.1) is 6.92 Å². The molecule has 0 saturated carbocycles. The minimum absolute atomic E-state index is 0.923. The zero-order valence-corrected chi connectivity index (χ0v) is 12.0. The summed E-state index contributed by atoms with van der Waals surface area (Å²) in [4.78, 5) is 4.35. The van der Waals surface area contributed by atoms with Gasteiger partial charge in [-0.25, -0.2) is 4.98 Å². The predicted molar refractivity (Wildman–Crippen MR) is 81.7 cm³/mol. The number of pyridine rings is 1. The van der Waals surface area contributed by atoms with Crippen molar-refractivity contribution in [2.45, 2.75) is 33.1 Å². The highest BCUT2D eigenvalue weighted by molar-refractivity contribution is 5.35. The highest BCUT2D eigenvalue weighted by Gasteiger charge is 2.01. The Morgan fingerprint density at radius 3 is 2.42 bits per heavy atom. The fourth-order valence-electron chi connectivity index (χ4n) is 2.26. The molecule has 100 valence electrons. The molecule has 0 aliphatic heterocycles. The van der Waals surface area contributed by atoms with Crippen LogP contribution in [0.3, 0.4) is 0 Å². The first-order valence-electron chi connectivity index (χ1n) is 6.94. The lowest BCUT2D eigenvalue weighted by atomic mass is 9.98. The first-order chi connectivity index (χ1) is 9.22. The summed E-state index contributed by atoms with van der Waals surface area (Å²) in [5.74, 6) is 0.923. The standard InChI is InChI=1S/C17H22N2/c1-4-14-5-8-16(13(2)11-14)9-6-15-7-10-17(18-3)19-12-15/h5,7-8,10-12H,4,6,9H2,1-3H3,(H,18,19). The highest BCUT2D eigenvalue weighted by Crippen LogP contribution is 2.15. The lowest BCUT2D eigenvalue weighted by Crippen LogP contribution is -1.97. The summed E-state index contributed by atoms with van der Waals surface area (Å²) in [7, 11) is 1.89. The van der Waals surface area contributed by atoms with E-state index in [0.29, 0.717) is 0 Å². The highest BCUT2D eigenvalue weighted by atomic mass is 14.9. The molecule has 0 atom stereocenters. The molecule has 2 nitrogen and oxygen atoms in total. The number of nitrogens with zero attached hydrogens (tertiary/aromatic N) is 1. The van der Waals surface area contributed by atoms with E-state index in [1.807, 2.05) is 19.3 Å². The molecule has 0 fully saturated rings. The van der Waals surface area contributed by atoms with Crippen molar-refractivity contribution in [3.05, 3.63) is 58.8 Å². The normalized spacial score (nSPS) is 10.5. The molecule has 0 saturated heterocycles. The quantitative estimate of drug-likeness (QED) is 0.878. The van der Waals surface area contributed by atoms with Crippen LogP contribution in [0.4, 0.5) is 5.82 Å². The minimum atomic E-state index is 0.923. The van der Waals surface area contributed by atoms with Gasteiger partial charge in [0.25, 0.3) is 0 Å². The zero-order valence-electron chi connectivity index (χ0n) is 12.0. The number of aromatic nitrogens is 1. The molecule has 1 aromatic carbocycles. The minimum Gasteiger partial charge on any atom is -0.373 e. The summed E-state index contributed by atoms with van der Waals surface area (Å²) >= 11 is 0. The molecule has 19 heavy (non-hydrogen) atoms. The summed E-state index contributed by atoms with van der Waals surface area (Å²) < 4.78 is 0. The van der Waals surface area contributed by atoms with Crippen molar-refractivity contribution < 1.29 is 0 Å². The van der Waals surface area contributed by atoms with Crippen molar-refractivity contribution >= 4 is 5.82 Å². The second-order valence-electron chi connectivity index (χ2n) is 4.92. The molecular weight excluding hydrogens is 232 g/mol. The second-order valence-corrected chi connectivity index (χ2v) is 4.92. The van der Waals surface area contributed by atoms with Crippen LogP contribution in [0.5, 0.6) is 0 Å². The van der Waals surface area contributed by atoms with Crippen molar-refractivity contribution in [2.75, 3.05) is 12.4 Å². The molecule has 0 aliphatic rings. The van der Waals surface area contributed by atoms with Crippen molar-refractivity contribution in [3.63, 3.8) is 0 Å². The van der Waals surface area contributed by atoms with E-state index in [2.05, 4.69) is 48.4 Å². The summed E-state index contributed by atoms with van der Waals surface area (Å²) in [6.45, 7) is 4.40. The Kier molecular flexibility index (Phi) is 4.56. The van der Waals surface area contributed by atoms with E-state index >= 15 is 0 Å². The van der Waals surface area contributed by atoms with Crippen molar-refractivity contribution in [1.29, 1.82) is 0 Å². The van der Waals surface area contributed by atoms with E-state index in [1.54, 1.807) is 0 Å². The van der Waals surface area contributed by atoms with Gasteiger partial charge in [-0.05, 0) is 54.5 Å². The van der Waals surface area contributed by atoms with E-state index in [-0.39, 0.29) is 0 Å². The maximum Gasteiger partial charge on any atom is 0.125 e. The number of nitrogens with one attached hydrogen (secondary N) is 1. The van der Waals surface area contributed by atoms with E-state index in [4.69, 9.17) is 0 Å². The van der Waals surface area contributed by atoms with E-state index < -0.39 is 0 Å². The van der Waals surface area contributed by atoms with Crippen LogP contribution in [0.15, 0.2) is 36.5 Å². The Balaban J connectivity index is 2.01. The molecule has 2 heteroatoms. The van der Waals surface area contributed by atoms with Crippen molar-refractivity contribution in [1.82, 2.24) is 4.98 Å². The van der Waals surface area contributed by atoms with Gasteiger partial charge in [-0.1, -0.05) is 31.2 Å².